The zero-order valence-corrected chi connectivity index (χ0v) is 10.6. The van der Waals surface area contributed by atoms with Crippen molar-refractivity contribution in [2.24, 2.45) is 0 Å². The van der Waals surface area contributed by atoms with E-state index in [0.717, 1.165) is 31.6 Å². The van der Waals surface area contributed by atoms with Crippen molar-refractivity contribution in [3.05, 3.63) is 35.6 Å². The Hall–Kier alpha value is -0.930. The number of nitrogens with one attached hydrogen (secondary N) is 1. The summed E-state index contributed by atoms with van der Waals surface area (Å²) in [5.74, 6) is -0.156. The maximum Gasteiger partial charge on any atom is 0.123 e. The van der Waals surface area contributed by atoms with Crippen LogP contribution in [0.5, 0.6) is 0 Å². The topological polar surface area (TPSA) is 21.3 Å². The fourth-order valence-corrected chi connectivity index (χ4v) is 3.03. The van der Waals surface area contributed by atoms with Crippen LogP contribution in [0, 0.1) is 5.82 Å². The lowest BCUT2D eigenvalue weighted by molar-refractivity contribution is -0.135. The van der Waals surface area contributed by atoms with Crippen LogP contribution in [0.4, 0.5) is 4.39 Å². The minimum Gasteiger partial charge on any atom is -0.375 e. The van der Waals surface area contributed by atoms with E-state index in [1.807, 2.05) is 6.07 Å². The van der Waals surface area contributed by atoms with Gasteiger partial charge in [0, 0.05) is 19.2 Å². The molecular formula is C15H20FNO. The lowest BCUT2D eigenvalue weighted by atomic mass is 9.74. The van der Waals surface area contributed by atoms with E-state index in [4.69, 9.17) is 4.74 Å². The van der Waals surface area contributed by atoms with E-state index in [9.17, 15) is 4.39 Å². The van der Waals surface area contributed by atoms with Gasteiger partial charge >= 0.3 is 0 Å². The molecule has 1 heterocycles. The van der Waals surface area contributed by atoms with E-state index in [-0.39, 0.29) is 11.4 Å². The zero-order chi connectivity index (χ0) is 12.4. The molecule has 1 aliphatic heterocycles. The Morgan fingerprint density at radius 1 is 1.39 bits per heavy atom. The summed E-state index contributed by atoms with van der Waals surface area (Å²) in [7, 11) is 0. The number of hydrogen-bond donors (Lipinski definition) is 1. The Morgan fingerprint density at radius 3 is 3.00 bits per heavy atom. The van der Waals surface area contributed by atoms with Crippen LogP contribution in [-0.2, 0) is 11.3 Å². The zero-order valence-electron chi connectivity index (χ0n) is 10.6. The molecule has 2 aliphatic rings. The summed E-state index contributed by atoms with van der Waals surface area (Å²) in [5, 5.41) is 3.54. The summed E-state index contributed by atoms with van der Waals surface area (Å²) < 4.78 is 19.0. The van der Waals surface area contributed by atoms with Crippen molar-refractivity contribution in [2.45, 2.75) is 50.3 Å². The lowest BCUT2D eigenvalue weighted by Crippen LogP contribution is -2.50. The highest BCUT2D eigenvalue weighted by Crippen LogP contribution is 2.42. The predicted molar refractivity (Wildman–Crippen MR) is 68.8 cm³/mol. The molecule has 1 N–H and O–H groups in total. The number of rotatable bonds is 3. The summed E-state index contributed by atoms with van der Waals surface area (Å²) in [4.78, 5) is 0. The molecule has 1 spiro atoms. The third kappa shape index (κ3) is 2.57. The fourth-order valence-electron chi connectivity index (χ4n) is 3.03. The van der Waals surface area contributed by atoms with Crippen molar-refractivity contribution >= 4 is 0 Å². The highest BCUT2D eigenvalue weighted by molar-refractivity contribution is 5.16. The maximum atomic E-state index is 13.1. The SMILES string of the molecule is Fc1cccc(CNC2CCOC3(CCC3)C2)c1. The van der Waals surface area contributed by atoms with Gasteiger partial charge in [-0.15, -0.1) is 0 Å². The van der Waals surface area contributed by atoms with Crippen molar-refractivity contribution in [1.82, 2.24) is 5.32 Å². The highest BCUT2D eigenvalue weighted by atomic mass is 19.1. The second-order valence-electron chi connectivity index (χ2n) is 5.59. The quantitative estimate of drug-likeness (QED) is 0.889. The van der Waals surface area contributed by atoms with Crippen molar-refractivity contribution in [1.29, 1.82) is 0 Å². The largest absolute Gasteiger partial charge is 0.375 e. The number of benzene rings is 1. The van der Waals surface area contributed by atoms with E-state index >= 15 is 0 Å². The molecule has 1 unspecified atom stereocenters. The van der Waals surface area contributed by atoms with Gasteiger partial charge in [0.1, 0.15) is 5.82 Å². The molecule has 1 aromatic carbocycles. The average molecular weight is 249 g/mol. The minimum atomic E-state index is -0.156. The van der Waals surface area contributed by atoms with Gasteiger partial charge in [-0.3, -0.25) is 0 Å². The van der Waals surface area contributed by atoms with Gasteiger partial charge in [0.15, 0.2) is 0 Å². The van der Waals surface area contributed by atoms with E-state index in [0.29, 0.717) is 6.04 Å². The van der Waals surface area contributed by atoms with Crippen LogP contribution < -0.4 is 5.32 Å². The molecule has 3 rings (SSSR count). The third-order valence-electron chi connectivity index (χ3n) is 4.24. The molecule has 98 valence electrons. The van der Waals surface area contributed by atoms with Crippen LogP contribution in [0.15, 0.2) is 24.3 Å². The van der Waals surface area contributed by atoms with E-state index in [1.54, 1.807) is 12.1 Å². The molecule has 18 heavy (non-hydrogen) atoms. The second-order valence-corrected chi connectivity index (χ2v) is 5.59. The van der Waals surface area contributed by atoms with Crippen LogP contribution in [0.3, 0.4) is 0 Å². The Kier molecular flexibility index (Phi) is 3.35. The Balaban J connectivity index is 1.53. The Bertz CT molecular complexity index is 417. The molecule has 1 aliphatic carbocycles. The van der Waals surface area contributed by atoms with Gasteiger partial charge in [-0.25, -0.2) is 4.39 Å². The molecule has 2 nitrogen and oxygen atoms in total. The number of hydrogen-bond acceptors (Lipinski definition) is 2. The Morgan fingerprint density at radius 2 is 2.28 bits per heavy atom. The summed E-state index contributed by atoms with van der Waals surface area (Å²) in [6.45, 7) is 1.61. The van der Waals surface area contributed by atoms with Gasteiger partial charge in [0.25, 0.3) is 0 Å². The monoisotopic (exact) mass is 249 g/mol. The van der Waals surface area contributed by atoms with Crippen molar-refractivity contribution in [3.63, 3.8) is 0 Å². The average Bonchev–Trinajstić information content (AvgIpc) is 2.35. The summed E-state index contributed by atoms with van der Waals surface area (Å²) in [6, 6.07) is 7.34. The molecule has 3 heteroatoms. The lowest BCUT2D eigenvalue weighted by Gasteiger charge is -2.47. The normalized spacial score (nSPS) is 25.9. The van der Waals surface area contributed by atoms with Crippen LogP contribution >= 0.6 is 0 Å². The first-order valence-corrected chi connectivity index (χ1v) is 6.88. The molecule has 1 saturated carbocycles. The standard InChI is InChI=1S/C15H20FNO/c16-13-4-1-3-12(9-13)11-17-14-5-8-18-15(10-14)6-2-7-15/h1,3-4,9,14,17H,2,5-8,10-11H2. The van der Waals surface area contributed by atoms with Crippen LogP contribution in [-0.4, -0.2) is 18.2 Å². The minimum absolute atomic E-state index is 0.156. The van der Waals surface area contributed by atoms with Crippen molar-refractivity contribution < 1.29 is 9.13 Å². The van der Waals surface area contributed by atoms with Crippen LogP contribution in [0.2, 0.25) is 0 Å². The summed E-state index contributed by atoms with van der Waals surface area (Å²) in [5.41, 5.74) is 1.20. The molecule has 0 radical (unpaired) electrons. The van der Waals surface area contributed by atoms with Gasteiger partial charge in [0.2, 0.25) is 0 Å². The molecule has 0 amide bonds. The summed E-state index contributed by atoms with van der Waals surface area (Å²) in [6.07, 6.45) is 5.91. The smallest absolute Gasteiger partial charge is 0.123 e. The van der Waals surface area contributed by atoms with E-state index in [1.165, 1.54) is 25.3 Å². The molecule has 2 fully saturated rings. The summed E-state index contributed by atoms with van der Waals surface area (Å²) >= 11 is 0. The van der Waals surface area contributed by atoms with Gasteiger partial charge in [-0.2, -0.15) is 0 Å². The van der Waals surface area contributed by atoms with Gasteiger partial charge in [-0.1, -0.05) is 12.1 Å². The number of halogens is 1. The van der Waals surface area contributed by atoms with E-state index < -0.39 is 0 Å². The molecular weight excluding hydrogens is 229 g/mol. The van der Waals surface area contributed by atoms with Gasteiger partial charge < -0.3 is 10.1 Å². The fraction of sp³-hybridized carbons (Fsp3) is 0.600. The third-order valence-corrected chi connectivity index (χ3v) is 4.24. The highest BCUT2D eigenvalue weighted by Gasteiger charge is 2.42. The predicted octanol–water partition coefficient (Wildman–Crippen LogP) is 3.02. The van der Waals surface area contributed by atoms with Gasteiger partial charge in [0.05, 0.1) is 5.60 Å². The van der Waals surface area contributed by atoms with Gasteiger partial charge in [-0.05, 0) is 49.8 Å². The van der Waals surface area contributed by atoms with E-state index in [2.05, 4.69) is 5.32 Å². The first kappa shape index (κ1) is 12.1. The molecule has 1 aromatic rings. The maximum absolute atomic E-state index is 13.1. The van der Waals surface area contributed by atoms with Crippen LogP contribution in [0.25, 0.3) is 0 Å². The molecule has 0 bridgehead atoms. The molecule has 0 aromatic heterocycles. The van der Waals surface area contributed by atoms with Crippen LogP contribution in [0.1, 0.15) is 37.7 Å². The molecule has 1 saturated heterocycles. The van der Waals surface area contributed by atoms with Crippen molar-refractivity contribution in [2.75, 3.05) is 6.61 Å². The van der Waals surface area contributed by atoms with Crippen molar-refractivity contribution in [3.8, 4) is 0 Å². The first-order valence-electron chi connectivity index (χ1n) is 6.88. The number of ether oxygens (including phenoxy) is 1. The second kappa shape index (κ2) is 4.98. The first-order chi connectivity index (χ1) is 8.76. The Labute approximate surface area is 108 Å². The molecule has 1 atom stereocenters.